The van der Waals surface area contributed by atoms with Gasteiger partial charge in [-0.15, -0.1) is 0 Å². The number of hydrogen-bond donors (Lipinski definition) is 0. The highest BCUT2D eigenvalue weighted by atomic mass is 35.5. The van der Waals surface area contributed by atoms with Gasteiger partial charge >= 0.3 is 0 Å². The van der Waals surface area contributed by atoms with Crippen molar-refractivity contribution in [2.24, 2.45) is 0 Å². The smallest absolute Gasteiger partial charge is 0.100 e. The van der Waals surface area contributed by atoms with Gasteiger partial charge in [0.05, 0.1) is 0 Å². The second kappa shape index (κ2) is 5.84. The number of methoxy groups -OCH3 is 1. The molecule has 0 saturated heterocycles. The SMILES string of the molecule is CCC=CC(OC)c1ccc(Cl)cc1. The lowest BCUT2D eigenvalue weighted by molar-refractivity contribution is 0.142. The molecule has 0 aromatic heterocycles. The normalized spacial score (nSPS) is 13.4. The molecule has 1 aromatic rings. The van der Waals surface area contributed by atoms with Gasteiger partial charge in [0, 0.05) is 12.1 Å². The molecule has 0 fully saturated rings. The summed E-state index contributed by atoms with van der Waals surface area (Å²) in [6.07, 6.45) is 5.21. The molecule has 0 aliphatic rings. The van der Waals surface area contributed by atoms with Crippen molar-refractivity contribution in [3.63, 3.8) is 0 Å². The minimum absolute atomic E-state index is 0.0345. The van der Waals surface area contributed by atoms with Crippen molar-refractivity contribution >= 4 is 11.6 Å². The van der Waals surface area contributed by atoms with Gasteiger partial charge in [0.1, 0.15) is 6.10 Å². The Hall–Kier alpha value is -0.790. The zero-order valence-electron chi connectivity index (χ0n) is 8.53. The van der Waals surface area contributed by atoms with Crippen LogP contribution in [-0.4, -0.2) is 7.11 Å². The highest BCUT2D eigenvalue weighted by Crippen LogP contribution is 2.20. The molecule has 1 aromatic carbocycles. The quantitative estimate of drug-likeness (QED) is 0.683. The lowest BCUT2D eigenvalue weighted by atomic mass is 10.1. The van der Waals surface area contributed by atoms with Gasteiger partial charge in [-0.2, -0.15) is 0 Å². The van der Waals surface area contributed by atoms with E-state index >= 15 is 0 Å². The van der Waals surface area contributed by atoms with Crippen LogP contribution in [-0.2, 0) is 4.74 Å². The van der Waals surface area contributed by atoms with E-state index in [9.17, 15) is 0 Å². The first-order chi connectivity index (χ1) is 6.77. The Morgan fingerprint density at radius 3 is 2.50 bits per heavy atom. The fraction of sp³-hybridized carbons (Fsp3) is 0.333. The van der Waals surface area contributed by atoms with Crippen molar-refractivity contribution in [1.29, 1.82) is 0 Å². The minimum Gasteiger partial charge on any atom is -0.373 e. The molecule has 1 nitrogen and oxygen atoms in total. The molecule has 0 amide bonds. The second-order valence-corrected chi connectivity index (χ2v) is 3.48. The van der Waals surface area contributed by atoms with Crippen LogP contribution in [0.3, 0.4) is 0 Å². The number of allylic oxidation sites excluding steroid dienone is 1. The largest absolute Gasteiger partial charge is 0.373 e. The third kappa shape index (κ3) is 3.17. The van der Waals surface area contributed by atoms with Gasteiger partial charge in [-0.05, 0) is 24.1 Å². The summed E-state index contributed by atoms with van der Waals surface area (Å²) in [7, 11) is 1.71. The van der Waals surface area contributed by atoms with Crippen molar-refractivity contribution in [2.45, 2.75) is 19.4 Å². The molecule has 1 unspecified atom stereocenters. The molecule has 0 spiro atoms. The number of ether oxygens (including phenoxy) is 1. The highest BCUT2D eigenvalue weighted by molar-refractivity contribution is 6.30. The van der Waals surface area contributed by atoms with Crippen LogP contribution >= 0.6 is 11.6 Å². The summed E-state index contributed by atoms with van der Waals surface area (Å²) >= 11 is 5.81. The van der Waals surface area contributed by atoms with Crippen LogP contribution in [0.2, 0.25) is 5.02 Å². The maximum Gasteiger partial charge on any atom is 0.100 e. The maximum atomic E-state index is 5.81. The van der Waals surface area contributed by atoms with E-state index in [1.54, 1.807) is 7.11 Å². The molecule has 14 heavy (non-hydrogen) atoms. The molecule has 0 bridgehead atoms. The molecule has 0 aliphatic heterocycles. The van der Waals surface area contributed by atoms with E-state index in [0.717, 1.165) is 17.0 Å². The standard InChI is InChI=1S/C12H15ClO/c1-3-4-5-12(14-2)10-6-8-11(13)9-7-10/h4-9,12H,3H2,1-2H3. The van der Waals surface area contributed by atoms with Crippen LogP contribution in [0, 0.1) is 0 Å². The summed E-state index contributed by atoms with van der Waals surface area (Å²) in [5, 5.41) is 0.753. The van der Waals surface area contributed by atoms with Crippen molar-refractivity contribution in [3.05, 3.63) is 47.0 Å². The van der Waals surface area contributed by atoms with E-state index in [0.29, 0.717) is 0 Å². The summed E-state index contributed by atoms with van der Waals surface area (Å²) < 4.78 is 5.35. The Balaban J connectivity index is 2.78. The monoisotopic (exact) mass is 210 g/mol. The number of benzene rings is 1. The van der Waals surface area contributed by atoms with Gasteiger partial charge in [0.15, 0.2) is 0 Å². The van der Waals surface area contributed by atoms with E-state index in [4.69, 9.17) is 16.3 Å². The van der Waals surface area contributed by atoms with E-state index in [2.05, 4.69) is 19.1 Å². The molecule has 0 N–H and O–H groups in total. The van der Waals surface area contributed by atoms with E-state index in [1.807, 2.05) is 24.3 Å². The Morgan fingerprint density at radius 1 is 1.36 bits per heavy atom. The van der Waals surface area contributed by atoms with Gasteiger partial charge in [0.2, 0.25) is 0 Å². The first-order valence-electron chi connectivity index (χ1n) is 4.72. The van der Waals surface area contributed by atoms with Gasteiger partial charge in [-0.1, -0.05) is 42.8 Å². The number of rotatable bonds is 4. The number of hydrogen-bond acceptors (Lipinski definition) is 1. The molecular weight excluding hydrogens is 196 g/mol. The molecule has 0 radical (unpaired) electrons. The van der Waals surface area contributed by atoms with E-state index in [-0.39, 0.29) is 6.10 Å². The van der Waals surface area contributed by atoms with Crippen molar-refractivity contribution in [3.8, 4) is 0 Å². The minimum atomic E-state index is 0.0345. The summed E-state index contributed by atoms with van der Waals surface area (Å²) in [5.74, 6) is 0. The van der Waals surface area contributed by atoms with Gasteiger partial charge in [-0.25, -0.2) is 0 Å². The van der Waals surface area contributed by atoms with Crippen LogP contribution < -0.4 is 0 Å². The zero-order chi connectivity index (χ0) is 10.4. The van der Waals surface area contributed by atoms with Crippen LogP contribution in [0.15, 0.2) is 36.4 Å². The molecule has 76 valence electrons. The van der Waals surface area contributed by atoms with Crippen molar-refractivity contribution < 1.29 is 4.74 Å². The predicted octanol–water partition coefficient (Wildman–Crippen LogP) is 3.99. The zero-order valence-corrected chi connectivity index (χ0v) is 9.29. The summed E-state index contributed by atoms with van der Waals surface area (Å²) in [6.45, 7) is 2.10. The first kappa shape index (κ1) is 11.3. The van der Waals surface area contributed by atoms with Crippen LogP contribution in [0.5, 0.6) is 0 Å². The summed E-state index contributed by atoms with van der Waals surface area (Å²) in [4.78, 5) is 0. The van der Waals surface area contributed by atoms with Crippen molar-refractivity contribution in [1.82, 2.24) is 0 Å². The molecule has 0 aliphatic carbocycles. The third-order valence-corrected chi connectivity index (χ3v) is 2.25. The van der Waals surface area contributed by atoms with Gasteiger partial charge in [-0.3, -0.25) is 0 Å². The Bertz CT molecular complexity index is 290. The average Bonchev–Trinajstić information content (AvgIpc) is 2.21. The topological polar surface area (TPSA) is 9.23 Å². The van der Waals surface area contributed by atoms with Crippen LogP contribution in [0.4, 0.5) is 0 Å². The van der Waals surface area contributed by atoms with Crippen LogP contribution in [0.1, 0.15) is 25.0 Å². The Kier molecular flexibility index (Phi) is 4.71. The predicted molar refractivity (Wildman–Crippen MR) is 60.6 cm³/mol. The third-order valence-electron chi connectivity index (χ3n) is 2.00. The average molecular weight is 211 g/mol. The summed E-state index contributed by atoms with van der Waals surface area (Å²) in [5.41, 5.74) is 1.13. The maximum absolute atomic E-state index is 5.81. The molecule has 1 rings (SSSR count). The second-order valence-electron chi connectivity index (χ2n) is 3.04. The Labute approximate surface area is 90.3 Å². The van der Waals surface area contributed by atoms with E-state index in [1.165, 1.54) is 0 Å². The van der Waals surface area contributed by atoms with Gasteiger partial charge in [0.25, 0.3) is 0 Å². The molecule has 0 saturated carbocycles. The van der Waals surface area contributed by atoms with Gasteiger partial charge < -0.3 is 4.74 Å². The van der Waals surface area contributed by atoms with Crippen LogP contribution in [0.25, 0.3) is 0 Å². The summed E-state index contributed by atoms with van der Waals surface area (Å²) in [6, 6.07) is 7.72. The van der Waals surface area contributed by atoms with E-state index < -0.39 is 0 Å². The lowest BCUT2D eigenvalue weighted by Crippen LogP contribution is -1.96. The Morgan fingerprint density at radius 2 is 2.00 bits per heavy atom. The molecule has 1 atom stereocenters. The fourth-order valence-corrected chi connectivity index (χ4v) is 1.36. The molecule has 2 heteroatoms. The van der Waals surface area contributed by atoms with Crippen molar-refractivity contribution in [2.75, 3.05) is 7.11 Å². The number of halogens is 1. The molecule has 0 heterocycles. The molecular formula is C12H15ClO. The fourth-order valence-electron chi connectivity index (χ4n) is 1.24. The first-order valence-corrected chi connectivity index (χ1v) is 5.10. The highest BCUT2D eigenvalue weighted by Gasteiger charge is 2.04. The lowest BCUT2D eigenvalue weighted by Gasteiger charge is -2.10.